The van der Waals surface area contributed by atoms with Crippen LogP contribution in [0.25, 0.3) is 0 Å². The van der Waals surface area contributed by atoms with E-state index >= 15 is 0 Å². The third-order valence-corrected chi connectivity index (χ3v) is 5.10. The van der Waals surface area contributed by atoms with Crippen LogP contribution >= 0.6 is 0 Å². The molecule has 0 saturated carbocycles. The summed E-state index contributed by atoms with van der Waals surface area (Å²) in [6.45, 7) is 4.26. The SMILES string of the molecule is CCCC(CC)Nc1ccc(S(=O)(=O)N(C)C)cc1N. The van der Waals surface area contributed by atoms with E-state index in [2.05, 4.69) is 19.2 Å². The molecule has 1 atom stereocenters. The lowest BCUT2D eigenvalue weighted by atomic mass is 10.1. The average molecular weight is 299 g/mol. The molecule has 6 heteroatoms. The molecule has 114 valence electrons. The fourth-order valence-electron chi connectivity index (χ4n) is 1.99. The first-order valence-electron chi connectivity index (χ1n) is 6.91. The highest BCUT2D eigenvalue weighted by molar-refractivity contribution is 7.89. The van der Waals surface area contributed by atoms with E-state index in [0.717, 1.165) is 24.9 Å². The van der Waals surface area contributed by atoms with Gasteiger partial charge in [-0.1, -0.05) is 20.3 Å². The van der Waals surface area contributed by atoms with Crippen molar-refractivity contribution in [2.45, 2.75) is 44.0 Å². The van der Waals surface area contributed by atoms with E-state index in [1.807, 2.05) is 0 Å². The maximum absolute atomic E-state index is 12.0. The van der Waals surface area contributed by atoms with Crippen LogP contribution in [0, 0.1) is 0 Å². The fourth-order valence-corrected chi connectivity index (χ4v) is 2.93. The van der Waals surface area contributed by atoms with Gasteiger partial charge in [-0.25, -0.2) is 12.7 Å². The molecule has 0 aromatic heterocycles. The van der Waals surface area contributed by atoms with E-state index in [4.69, 9.17) is 5.73 Å². The van der Waals surface area contributed by atoms with E-state index in [1.165, 1.54) is 24.5 Å². The van der Waals surface area contributed by atoms with Crippen LogP contribution in [0.5, 0.6) is 0 Å². The van der Waals surface area contributed by atoms with Crippen molar-refractivity contribution in [1.29, 1.82) is 0 Å². The Bertz CT molecular complexity index is 541. The van der Waals surface area contributed by atoms with E-state index in [1.54, 1.807) is 12.1 Å². The number of nitrogen functional groups attached to an aromatic ring is 1. The summed E-state index contributed by atoms with van der Waals surface area (Å²) >= 11 is 0. The lowest BCUT2D eigenvalue weighted by Crippen LogP contribution is -2.23. The molecular formula is C14H25N3O2S. The summed E-state index contributed by atoms with van der Waals surface area (Å²) in [5, 5.41) is 3.37. The van der Waals surface area contributed by atoms with Gasteiger partial charge in [0.25, 0.3) is 0 Å². The van der Waals surface area contributed by atoms with Crippen molar-refractivity contribution in [2.24, 2.45) is 0 Å². The second-order valence-electron chi connectivity index (χ2n) is 5.07. The average Bonchev–Trinajstić information content (AvgIpc) is 2.39. The molecule has 0 radical (unpaired) electrons. The first kappa shape index (κ1) is 16.8. The topological polar surface area (TPSA) is 75.4 Å². The second kappa shape index (κ2) is 6.95. The Hall–Kier alpha value is -1.27. The van der Waals surface area contributed by atoms with Gasteiger partial charge >= 0.3 is 0 Å². The van der Waals surface area contributed by atoms with Crippen molar-refractivity contribution in [3.63, 3.8) is 0 Å². The van der Waals surface area contributed by atoms with Gasteiger partial charge in [-0.15, -0.1) is 0 Å². The zero-order valence-corrected chi connectivity index (χ0v) is 13.5. The highest BCUT2D eigenvalue weighted by atomic mass is 32.2. The monoisotopic (exact) mass is 299 g/mol. The van der Waals surface area contributed by atoms with E-state index in [0.29, 0.717) is 11.7 Å². The first-order valence-corrected chi connectivity index (χ1v) is 8.35. The maximum atomic E-state index is 12.0. The summed E-state index contributed by atoms with van der Waals surface area (Å²) in [6.07, 6.45) is 3.16. The molecule has 1 aromatic rings. The summed E-state index contributed by atoms with van der Waals surface area (Å²) in [4.78, 5) is 0.217. The molecule has 0 spiro atoms. The molecular weight excluding hydrogens is 274 g/mol. The largest absolute Gasteiger partial charge is 0.397 e. The van der Waals surface area contributed by atoms with E-state index < -0.39 is 10.0 Å². The Morgan fingerprint density at radius 2 is 1.95 bits per heavy atom. The van der Waals surface area contributed by atoms with Crippen molar-refractivity contribution < 1.29 is 8.42 Å². The molecule has 0 saturated heterocycles. The van der Waals surface area contributed by atoms with Gasteiger partial charge < -0.3 is 11.1 Å². The molecule has 5 nitrogen and oxygen atoms in total. The number of nitrogens with one attached hydrogen (secondary N) is 1. The van der Waals surface area contributed by atoms with Gasteiger partial charge in [0.2, 0.25) is 10.0 Å². The van der Waals surface area contributed by atoms with E-state index in [-0.39, 0.29) is 4.90 Å². The number of hydrogen-bond donors (Lipinski definition) is 2. The van der Waals surface area contributed by atoms with Crippen LogP contribution in [-0.2, 0) is 10.0 Å². The molecule has 0 bridgehead atoms. The molecule has 1 rings (SSSR count). The van der Waals surface area contributed by atoms with Crippen molar-refractivity contribution in [2.75, 3.05) is 25.1 Å². The minimum Gasteiger partial charge on any atom is -0.397 e. The van der Waals surface area contributed by atoms with Crippen LogP contribution in [0.15, 0.2) is 23.1 Å². The van der Waals surface area contributed by atoms with Crippen LogP contribution in [0.1, 0.15) is 33.1 Å². The molecule has 0 amide bonds. The predicted molar refractivity (Wildman–Crippen MR) is 84.3 cm³/mol. The first-order chi connectivity index (χ1) is 9.32. The Labute approximate surface area is 122 Å². The highest BCUT2D eigenvalue weighted by Crippen LogP contribution is 2.25. The zero-order valence-electron chi connectivity index (χ0n) is 12.7. The molecule has 3 N–H and O–H groups in total. The van der Waals surface area contributed by atoms with Crippen LogP contribution in [0.4, 0.5) is 11.4 Å². The lowest BCUT2D eigenvalue weighted by Gasteiger charge is -2.20. The minimum atomic E-state index is -3.43. The Morgan fingerprint density at radius 3 is 2.40 bits per heavy atom. The van der Waals surface area contributed by atoms with Crippen LogP contribution < -0.4 is 11.1 Å². The number of hydrogen-bond acceptors (Lipinski definition) is 4. The second-order valence-corrected chi connectivity index (χ2v) is 7.23. The molecule has 1 unspecified atom stereocenters. The van der Waals surface area contributed by atoms with Crippen molar-refractivity contribution in [3.05, 3.63) is 18.2 Å². The van der Waals surface area contributed by atoms with Gasteiger partial charge in [-0.2, -0.15) is 0 Å². The lowest BCUT2D eigenvalue weighted by molar-refractivity contribution is 0.521. The van der Waals surface area contributed by atoms with Gasteiger partial charge in [-0.3, -0.25) is 0 Å². The van der Waals surface area contributed by atoms with Gasteiger partial charge in [0, 0.05) is 20.1 Å². The van der Waals surface area contributed by atoms with Gasteiger partial charge in [-0.05, 0) is 31.0 Å². The zero-order chi connectivity index (χ0) is 15.3. The summed E-state index contributed by atoms with van der Waals surface area (Å²) in [6, 6.07) is 5.20. The van der Waals surface area contributed by atoms with Crippen molar-refractivity contribution in [1.82, 2.24) is 4.31 Å². The van der Waals surface area contributed by atoms with Crippen LogP contribution in [0.2, 0.25) is 0 Å². The fraction of sp³-hybridized carbons (Fsp3) is 0.571. The maximum Gasteiger partial charge on any atom is 0.242 e. The standard InChI is InChI=1S/C14H25N3O2S/c1-5-7-11(6-2)16-14-9-8-12(10-13(14)15)20(18,19)17(3)4/h8-11,16H,5-7,15H2,1-4H3. The van der Waals surface area contributed by atoms with E-state index in [9.17, 15) is 8.42 Å². The third-order valence-electron chi connectivity index (χ3n) is 3.29. The summed E-state index contributed by atoms with van der Waals surface area (Å²) in [5.74, 6) is 0. The summed E-state index contributed by atoms with van der Waals surface area (Å²) in [7, 11) is -0.423. The Balaban J connectivity index is 3.00. The number of nitrogens with two attached hydrogens (primary N) is 1. The van der Waals surface area contributed by atoms with Gasteiger partial charge in [0.05, 0.1) is 16.3 Å². The predicted octanol–water partition coefficient (Wildman–Crippen LogP) is 2.51. The molecule has 0 aliphatic heterocycles. The highest BCUT2D eigenvalue weighted by Gasteiger charge is 2.18. The minimum absolute atomic E-state index is 0.217. The Kier molecular flexibility index (Phi) is 5.83. The smallest absolute Gasteiger partial charge is 0.242 e. The molecule has 0 fully saturated rings. The number of benzene rings is 1. The van der Waals surface area contributed by atoms with Crippen LogP contribution in [-0.4, -0.2) is 32.9 Å². The molecule has 0 aliphatic rings. The summed E-state index contributed by atoms with van der Waals surface area (Å²) < 4.78 is 25.2. The summed E-state index contributed by atoms with van der Waals surface area (Å²) in [5.41, 5.74) is 7.23. The number of rotatable bonds is 7. The van der Waals surface area contributed by atoms with Crippen LogP contribution in [0.3, 0.4) is 0 Å². The third kappa shape index (κ3) is 3.86. The number of anilines is 2. The van der Waals surface area contributed by atoms with Gasteiger partial charge in [0.15, 0.2) is 0 Å². The molecule has 20 heavy (non-hydrogen) atoms. The molecule has 0 heterocycles. The number of nitrogens with zero attached hydrogens (tertiary/aromatic N) is 1. The van der Waals surface area contributed by atoms with Crippen molar-refractivity contribution in [3.8, 4) is 0 Å². The normalized spacial score (nSPS) is 13.4. The Morgan fingerprint density at radius 1 is 1.30 bits per heavy atom. The molecule has 0 aliphatic carbocycles. The van der Waals surface area contributed by atoms with Gasteiger partial charge in [0.1, 0.15) is 0 Å². The number of sulfonamides is 1. The van der Waals surface area contributed by atoms with Crippen molar-refractivity contribution >= 4 is 21.4 Å². The quantitative estimate of drug-likeness (QED) is 0.759. The molecule has 1 aromatic carbocycles.